The Hall–Kier alpha value is -0.660. The summed E-state index contributed by atoms with van der Waals surface area (Å²) in [6.45, 7) is 0. The molecule has 0 unspecified atom stereocenters. The van der Waals surface area contributed by atoms with Crippen LogP contribution in [0.25, 0.3) is 0 Å². The summed E-state index contributed by atoms with van der Waals surface area (Å²) in [7, 11) is 0. The van der Waals surface area contributed by atoms with Crippen LogP contribution in [0.5, 0.6) is 0 Å². The molecular formula is C3H6O2. The molecule has 0 aromatic rings. The lowest BCUT2D eigenvalue weighted by molar-refractivity contribution is -0.122. The van der Waals surface area contributed by atoms with Gasteiger partial charge in [0.05, 0.1) is 0 Å². The van der Waals surface area contributed by atoms with Crippen molar-refractivity contribution in [3.05, 3.63) is 0 Å². The van der Waals surface area contributed by atoms with Crippen LogP contribution in [0.4, 0.5) is 0 Å². The van der Waals surface area contributed by atoms with E-state index in [0.29, 0.717) is 0 Å². The van der Waals surface area contributed by atoms with Crippen molar-refractivity contribution in [2.24, 2.45) is 0 Å². The molecule has 0 bridgehead atoms. The number of carbonyl (C=O) groups is 2. The van der Waals surface area contributed by atoms with E-state index < -0.39 is 0 Å². The second-order valence-electron chi connectivity index (χ2n) is 0.272. The second-order valence-corrected chi connectivity index (χ2v) is 0.272. The Morgan fingerprint density at radius 3 is 1.20 bits per heavy atom. The van der Waals surface area contributed by atoms with Crippen LogP contribution in [0.15, 0.2) is 0 Å². The van der Waals surface area contributed by atoms with Crippen molar-refractivity contribution in [3.8, 4) is 0 Å². The monoisotopic (exact) mass is 74.0 g/mol. The smallest absolute Gasteiger partial charge is 0.182 e. The molecule has 0 saturated heterocycles. The van der Waals surface area contributed by atoms with Crippen molar-refractivity contribution in [1.29, 1.82) is 0 Å². The molecule has 0 radical (unpaired) electrons. The maximum absolute atomic E-state index is 8.81. The summed E-state index contributed by atoms with van der Waals surface area (Å²) >= 11 is 0. The maximum atomic E-state index is 8.81. The average Bonchev–Trinajstić information content (AvgIpc) is 1.37. The lowest BCUT2D eigenvalue weighted by Crippen LogP contribution is -1.62. The molecule has 2 nitrogen and oxygen atoms in total. The zero-order valence-electron chi connectivity index (χ0n) is 1.97. The van der Waals surface area contributed by atoms with E-state index in [2.05, 4.69) is 0 Å². The first-order chi connectivity index (χ1) is 1.91. The molecule has 0 aromatic carbocycles. The second kappa shape index (κ2) is 10.2. The Balaban J connectivity index is 0. The van der Waals surface area contributed by atoms with Gasteiger partial charge in [-0.1, -0.05) is 7.43 Å². The number of hydrogen-bond acceptors (Lipinski definition) is 2. The molecule has 0 aliphatic heterocycles. The van der Waals surface area contributed by atoms with Gasteiger partial charge < -0.3 is 0 Å². The molecule has 2 heteroatoms. The molecule has 0 aliphatic rings. The Bertz CT molecular complexity index is 25.9. The Morgan fingerprint density at radius 1 is 1.00 bits per heavy atom. The summed E-state index contributed by atoms with van der Waals surface area (Å²) in [5.41, 5.74) is 0. The fourth-order valence-electron chi connectivity index (χ4n) is 0. The van der Waals surface area contributed by atoms with Crippen LogP contribution in [0, 0.1) is 0 Å². The first-order valence-electron chi connectivity index (χ1n) is 0.805. The summed E-state index contributed by atoms with van der Waals surface area (Å²) in [5.74, 6) is 0. The topological polar surface area (TPSA) is 34.1 Å². The lowest BCUT2D eigenvalue weighted by atomic mass is 10.9. The van der Waals surface area contributed by atoms with Gasteiger partial charge in [0.1, 0.15) is 0 Å². The largest absolute Gasteiger partial charge is 0.295 e. The normalized spacial score (nSPS) is 4.00. The van der Waals surface area contributed by atoms with Crippen LogP contribution in [0.1, 0.15) is 7.43 Å². The highest BCUT2D eigenvalue weighted by Crippen LogP contribution is 1.12. The van der Waals surface area contributed by atoms with Gasteiger partial charge in [-0.25, -0.2) is 0 Å². The molecule has 0 aromatic heterocycles. The predicted molar refractivity (Wildman–Crippen MR) is 18.9 cm³/mol. The summed E-state index contributed by atoms with van der Waals surface area (Å²) in [6, 6.07) is 0. The average molecular weight is 74.1 g/mol. The molecule has 30 valence electrons. The zero-order valence-corrected chi connectivity index (χ0v) is 1.97. The van der Waals surface area contributed by atoms with Crippen molar-refractivity contribution in [3.63, 3.8) is 0 Å². The third-order valence-corrected chi connectivity index (χ3v) is 0.0556. The van der Waals surface area contributed by atoms with E-state index in [4.69, 9.17) is 9.59 Å². The minimum absolute atomic E-state index is 0. The molecule has 0 saturated carbocycles. The SMILES string of the molecule is C.O=CC=O. The van der Waals surface area contributed by atoms with E-state index in [1.807, 2.05) is 0 Å². The van der Waals surface area contributed by atoms with Crippen molar-refractivity contribution in [2.75, 3.05) is 0 Å². The highest BCUT2D eigenvalue weighted by atomic mass is 16.2. The van der Waals surface area contributed by atoms with Crippen LogP contribution in [-0.4, -0.2) is 12.6 Å². The molecule has 0 rings (SSSR count). The van der Waals surface area contributed by atoms with Crippen LogP contribution in [0.2, 0.25) is 0 Å². The van der Waals surface area contributed by atoms with Gasteiger partial charge in [-0.15, -0.1) is 0 Å². The maximum Gasteiger partial charge on any atom is 0.182 e. The Labute approximate surface area is 30.8 Å². The van der Waals surface area contributed by atoms with Crippen LogP contribution in [0.3, 0.4) is 0 Å². The first kappa shape index (κ1) is 8.84. The Kier molecular flexibility index (Phi) is 18.0. The predicted octanol–water partition coefficient (Wildman–Crippen LogP) is 0.0203. The summed E-state index contributed by atoms with van der Waals surface area (Å²) in [4.78, 5) is 17.6. The highest BCUT2D eigenvalue weighted by Gasteiger charge is 1.47. The molecule has 0 atom stereocenters. The molecule has 0 N–H and O–H groups in total. The molecule has 0 fully saturated rings. The molecule has 0 spiro atoms. The molecule has 0 amide bonds. The third-order valence-electron chi connectivity index (χ3n) is 0.0556. The van der Waals surface area contributed by atoms with Crippen molar-refractivity contribution >= 4 is 12.6 Å². The Morgan fingerprint density at radius 2 is 1.20 bits per heavy atom. The van der Waals surface area contributed by atoms with E-state index in [1.165, 1.54) is 0 Å². The van der Waals surface area contributed by atoms with E-state index in [1.54, 1.807) is 0 Å². The molecule has 5 heavy (non-hydrogen) atoms. The van der Waals surface area contributed by atoms with Crippen LogP contribution < -0.4 is 0 Å². The zero-order chi connectivity index (χ0) is 3.41. The van der Waals surface area contributed by atoms with E-state index in [9.17, 15) is 0 Å². The van der Waals surface area contributed by atoms with Gasteiger partial charge >= 0.3 is 0 Å². The van der Waals surface area contributed by atoms with Crippen molar-refractivity contribution < 1.29 is 9.59 Å². The fourth-order valence-corrected chi connectivity index (χ4v) is 0. The summed E-state index contributed by atoms with van der Waals surface area (Å²) in [5, 5.41) is 0. The van der Waals surface area contributed by atoms with Crippen LogP contribution >= 0.6 is 0 Å². The molecular weight excluding hydrogens is 68.0 g/mol. The van der Waals surface area contributed by atoms with Gasteiger partial charge in [0, 0.05) is 0 Å². The molecule has 0 aliphatic carbocycles. The van der Waals surface area contributed by atoms with Gasteiger partial charge in [0.2, 0.25) is 0 Å². The van der Waals surface area contributed by atoms with Crippen molar-refractivity contribution in [2.45, 2.75) is 7.43 Å². The lowest BCUT2D eigenvalue weighted by Gasteiger charge is -1.31. The van der Waals surface area contributed by atoms with Gasteiger partial charge in [-0.2, -0.15) is 0 Å². The van der Waals surface area contributed by atoms with Gasteiger partial charge in [-0.05, 0) is 0 Å². The number of carbonyl (C=O) groups excluding carboxylic acids is 2. The number of hydrogen-bond donors (Lipinski definition) is 0. The third kappa shape index (κ3) is 51.9. The highest BCUT2D eigenvalue weighted by molar-refractivity contribution is 6.09. The van der Waals surface area contributed by atoms with Gasteiger partial charge in [-0.3, -0.25) is 9.59 Å². The first-order valence-corrected chi connectivity index (χ1v) is 0.805. The number of rotatable bonds is 1. The van der Waals surface area contributed by atoms with Crippen molar-refractivity contribution in [1.82, 2.24) is 0 Å². The van der Waals surface area contributed by atoms with Gasteiger partial charge in [0.25, 0.3) is 0 Å². The minimum Gasteiger partial charge on any atom is -0.295 e. The van der Waals surface area contributed by atoms with E-state index in [-0.39, 0.29) is 20.0 Å². The fraction of sp³-hybridized carbons (Fsp3) is 0.333. The molecule has 0 heterocycles. The quantitative estimate of drug-likeness (QED) is 0.324. The van der Waals surface area contributed by atoms with Gasteiger partial charge in [0.15, 0.2) is 12.6 Å². The standard InChI is InChI=1S/C2H2O2.CH4/c3-1-2-4;/h1-2H;1H4. The minimum atomic E-state index is 0. The summed E-state index contributed by atoms with van der Waals surface area (Å²) in [6.07, 6.45) is 0.389. The van der Waals surface area contributed by atoms with Crippen LogP contribution in [-0.2, 0) is 9.59 Å². The number of aldehydes is 2. The summed E-state index contributed by atoms with van der Waals surface area (Å²) < 4.78 is 0. The van der Waals surface area contributed by atoms with E-state index in [0.717, 1.165) is 0 Å². The van der Waals surface area contributed by atoms with E-state index >= 15 is 0 Å².